The number of carbonyl (C=O) groups is 2. The van der Waals surface area contributed by atoms with Gasteiger partial charge in [-0.1, -0.05) is 229 Å². The first-order valence-corrected chi connectivity index (χ1v) is 26.4. The number of aliphatic hydroxyl groups excluding tert-OH is 2. The van der Waals surface area contributed by atoms with Crippen molar-refractivity contribution in [3.63, 3.8) is 0 Å². The van der Waals surface area contributed by atoms with Gasteiger partial charge in [-0.15, -0.1) is 0 Å². The third-order valence-electron chi connectivity index (χ3n) is 11.8. The molecule has 0 radical (unpaired) electrons. The summed E-state index contributed by atoms with van der Waals surface area (Å²) in [6.45, 7) is 4.81. The van der Waals surface area contributed by atoms with Gasteiger partial charge in [0.2, 0.25) is 5.91 Å². The van der Waals surface area contributed by atoms with Gasteiger partial charge in [-0.3, -0.25) is 9.59 Å². The molecular weight excluding hydrogens is 755 g/mol. The number of allylic oxidation sites excluding steroid dienone is 8. The van der Waals surface area contributed by atoms with Gasteiger partial charge in [0.05, 0.1) is 25.4 Å². The van der Waals surface area contributed by atoms with Crippen LogP contribution in [0.2, 0.25) is 0 Å². The summed E-state index contributed by atoms with van der Waals surface area (Å²) in [5, 5.41) is 23.2. The number of ether oxygens (including phenoxy) is 1. The summed E-state index contributed by atoms with van der Waals surface area (Å²) in [5.74, 6) is -0.149. The fourth-order valence-corrected chi connectivity index (χ4v) is 7.78. The first-order chi connectivity index (χ1) is 30.0. The van der Waals surface area contributed by atoms with E-state index in [1.807, 2.05) is 6.08 Å². The van der Waals surface area contributed by atoms with Crippen molar-refractivity contribution < 1.29 is 24.5 Å². The Kier molecular flexibility index (Phi) is 48.7. The Morgan fingerprint density at radius 3 is 1.34 bits per heavy atom. The summed E-state index contributed by atoms with van der Waals surface area (Å²) >= 11 is 0. The molecule has 0 saturated heterocycles. The van der Waals surface area contributed by atoms with Crippen LogP contribution in [0, 0.1) is 0 Å². The van der Waals surface area contributed by atoms with Crippen LogP contribution in [0.1, 0.15) is 264 Å². The first-order valence-electron chi connectivity index (χ1n) is 26.4. The van der Waals surface area contributed by atoms with Crippen molar-refractivity contribution in [3.8, 4) is 0 Å². The lowest BCUT2D eigenvalue weighted by molar-refractivity contribution is -0.143. The zero-order chi connectivity index (χ0) is 44.4. The molecule has 1 amide bonds. The Labute approximate surface area is 378 Å². The summed E-state index contributed by atoms with van der Waals surface area (Å²) in [6.07, 6.45) is 62.4. The third-order valence-corrected chi connectivity index (χ3v) is 11.8. The Hall–Kier alpha value is -2.18. The summed E-state index contributed by atoms with van der Waals surface area (Å²) in [6, 6.07) is -0.587. The molecule has 2 unspecified atom stereocenters. The smallest absolute Gasteiger partial charge is 0.305 e. The molecule has 6 nitrogen and oxygen atoms in total. The lowest BCUT2D eigenvalue weighted by Gasteiger charge is -2.22. The van der Waals surface area contributed by atoms with Crippen molar-refractivity contribution in [3.05, 3.63) is 48.6 Å². The van der Waals surface area contributed by atoms with Gasteiger partial charge in [0.15, 0.2) is 0 Å². The number of hydrogen-bond acceptors (Lipinski definition) is 5. The molecule has 0 aliphatic heterocycles. The van der Waals surface area contributed by atoms with Gasteiger partial charge in [0.1, 0.15) is 0 Å². The second-order valence-corrected chi connectivity index (χ2v) is 17.8. The lowest BCUT2D eigenvalue weighted by atomic mass is 10.0. The fraction of sp³-hybridized carbons (Fsp3) is 0.818. The molecule has 0 spiro atoms. The molecule has 0 heterocycles. The predicted molar refractivity (Wildman–Crippen MR) is 264 cm³/mol. The second kappa shape index (κ2) is 50.5. The molecule has 3 N–H and O–H groups in total. The molecule has 6 heteroatoms. The maximum atomic E-state index is 12.4. The van der Waals surface area contributed by atoms with Crippen molar-refractivity contribution in [1.82, 2.24) is 5.32 Å². The highest BCUT2D eigenvalue weighted by molar-refractivity contribution is 5.76. The zero-order valence-corrected chi connectivity index (χ0v) is 40.4. The zero-order valence-electron chi connectivity index (χ0n) is 40.4. The second-order valence-electron chi connectivity index (χ2n) is 17.8. The Morgan fingerprint density at radius 1 is 0.459 bits per heavy atom. The van der Waals surface area contributed by atoms with Crippen molar-refractivity contribution in [2.24, 2.45) is 0 Å². The van der Waals surface area contributed by atoms with Crippen LogP contribution in [0.15, 0.2) is 48.6 Å². The Balaban J connectivity index is 3.57. The number of hydrogen-bond donors (Lipinski definition) is 3. The highest BCUT2D eigenvalue weighted by Gasteiger charge is 2.19. The molecule has 0 bridgehead atoms. The van der Waals surface area contributed by atoms with E-state index in [9.17, 15) is 19.8 Å². The quantitative estimate of drug-likeness (QED) is 0.0322. The fourth-order valence-electron chi connectivity index (χ4n) is 7.78. The molecule has 0 fully saturated rings. The van der Waals surface area contributed by atoms with E-state index in [-0.39, 0.29) is 18.5 Å². The normalized spacial score (nSPS) is 13.0. The highest BCUT2D eigenvalue weighted by Crippen LogP contribution is 2.16. The van der Waals surface area contributed by atoms with Crippen LogP contribution < -0.4 is 5.32 Å². The number of rotatable bonds is 48. The van der Waals surface area contributed by atoms with Crippen molar-refractivity contribution in [1.29, 1.82) is 0 Å². The van der Waals surface area contributed by atoms with Crippen LogP contribution in [-0.4, -0.2) is 47.4 Å². The van der Waals surface area contributed by atoms with Gasteiger partial charge in [-0.25, -0.2) is 0 Å². The minimum atomic E-state index is -0.701. The van der Waals surface area contributed by atoms with Gasteiger partial charge in [0, 0.05) is 12.8 Å². The van der Waals surface area contributed by atoms with E-state index >= 15 is 0 Å². The van der Waals surface area contributed by atoms with Crippen LogP contribution in [0.3, 0.4) is 0 Å². The minimum absolute atomic E-state index is 0.0328. The molecule has 0 aromatic carbocycles. The topological polar surface area (TPSA) is 95.9 Å². The number of amides is 1. The van der Waals surface area contributed by atoms with Crippen molar-refractivity contribution >= 4 is 11.9 Å². The summed E-state index contributed by atoms with van der Waals surface area (Å²) < 4.78 is 5.43. The summed E-state index contributed by atoms with van der Waals surface area (Å²) in [4.78, 5) is 24.4. The molecule has 356 valence electrons. The molecule has 0 aromatic heterocycles. The molecule has 61 heavy (non-hydrogen) atoms. The van der Waals surface area contributed by atoms with E-state index in [1.54, 1.807) is 0 Å². The molecule has 0 rings (SSSR count). The van der Waals surface area contributed by atoms with E-state index < -0.39 is 12.1 Å². The molecule has 0 aromatic rings. The average molecular weight is 856 g/mol. The van der Waals surface area contributed by atoms with E-state index in [1.165, 1.54) is 161 Å². The van der Waals surface area contributed by atoms with Crippen LogP contribution >= 0.6 is 0 Å². The number of nitrogens with one attached hydrogen (secondary N) is 1. The molecule has 0 aliphatic rings. The minimum Gasteiger partial charge on any atom is -0.466 e. The van der Waals surface area contributed by atoms with Crippen LogP contribution in [0.5, 0.6) is 0 Å². The first kappa shape index (κ1) is 58.8. The molecular formula is C55H101NO5. The van der Waals surface area contributed by atoms with E-state index in [0.29, 0.717) is 32.3 Å². The highest BCUT2D eigenvalue weighted by atomic mass is 16.5. The number of aliphatic hydroxyl groups is 2. The Bertz CT molecular complexity index is 1040. The lowest BCUT2D eigenvalue weighted by Crippen LogP contribution is -2.45. The predicted octanol–water partition coefficient (Wildman–Crippen LogP) is 15.8. The van der Waals surface area contributed by atoms with Gasteiger partial charge in [-0.05, 0) is 70.6 Å². The SMILES string of the molecule is CCC/C=C\C/C=C\CCCCCCCC(=O)OCCCCCCCC/C=C\C/C=C\CCC(=O)NC(CO)C(O)CCCCCCCCCCCCCCCCCCCC. The van der Waals surface area contributed by atoms with Gasteiger partial charge < -0.3 is 20.3 Å². The van der Waals surface area contributed by atoms with E-state index in [2.05, 4.69) is 61.7 Å². The third kappa shape index (κ3) is 47.1. The average Bonchev–Trinajstić information content (AvgIpc) is 3.26. The number of carbonyl (C=O) groups excluding carboxylic acids is 2. The molecule has 2 atom stereocenters. The summed E-state index contributed by atoms with van der Waals surface area (Å²) in [5.41, 5.74) is 0. The number of esters is 1. The number of unbranched alkanes of at least 4 members (excludes halogenated alkanes) is 29. The van der Waals surface area contributed by atoms with Crippen molar-refractivity contribution in [2.45, 2.75) is 276 Å². The summed E-state index contributed by atoms with van der Waals surface area (Å²) in [7, 11) is 0. The largest absolute Gasteiger partial charge is 0.466 e. The molecule has 0 aliphatic carbocycles. The van der Waals surface area contributed by atoms with Crippen LogP contribution in [-0.2, 0) is 14.3 Å². The van der Waals surface area contributed by atoms with E-state index in [4.69, 9.17) is 4.74 Å². The monoisotopic (exact) mass is 856 g/mol. The van der Waals surface area contributed by atoms with Gasteiger partial charge in [0.25, 0.3) is 0 Å². The molecule has 0 saturated carbocycles. The van der Waals surface area contributed by atoms with E-state index in [0.717, 1.165) is 64.2 Å². The Morgan fingerprint density at radius 2 is 0.869 bits per heavy atom. The van der Waals surface area contributed by atoms with Crippen molar-refractivity contribution in [2.75, 3.05) is 13.2 Å². The maximum Gasteiger partial charge on any atom is 0.305 e. The van der Waals surface area contributed by atoms with Crippen LogP contribution in [0.4, 0.5) is 0 Å². The maximum absolute atomic E-state index is 12.4. The standard InChI is InChI=1S/C55H101NO5/c1-3-5-7-9-11-13-15-17-18-19-20-21-24-27-31-35-39-43-47-53(58)52(51-57)56-54(59)48-44-40-36-32-28-25-22-26-30-34-38-42-46-50-61-55(60)49-45-41-37-33-29-23-16-14-12-10-8-6-4-2/h8,10,14,16,25,28,36,40,52-53,57-58H,3-7,9,11-13,15,17-24,26-27,29-35,37-39,41-51H2,1-2H3,(H,56,59)/b10-8-,16-14-,28-25-,40-36-. The van der Waals surface area contributed by atoms with Gasteiger partial charge >= 0.3 is 5.97 Å². The van der Waals surface area contributed by atoms with Gasteiger partial charge in [-0.2, -0.15) is 0 Å². The van der Waals surface area contributed by atoms with Crippen LogP contribution in [0.25, 0.3) is 0 Å².